The van der Waals surface area contributed by atoms with Crippen LogP contribution in [0.15, 0.2) is 46.1 Å². The van der Waals surface area contributed by atoms with Crippen molar-refractivity contribution in [1.29, 1.82) is 0 Å². The quantitative estimate of drug-likeness (QED) is 0.806. The van der Waals surface area contributed by atoms with Gasteiger partial charge in [-0.15, -0.1) is 0 Å². The second kappa shape index (κ2) is 7.94. The van der Waals surface area contributed by atoms with Crippen LogP contribution in [0.5, 0.6) is 0 Å². The number of aromatic nitrogens is 2. The summed E-state index contributed by atoms with van der Waals surface area (Å²) in [4.78, 5) is 42.3. The van der Waals surface area contributed by atoms with Crippen LogP contribution in [0.4, 0.5) is 0 Å². The maximum absolute atomic E-state index is 12.8. The Kier molecular flexibility index (Phi) is 5.45. The number of amides is 1. The second-order valence-electron chi connectivity index (χ2n) is 6.15. The van der Waals surface area contributed by atoms with Gasteiger partial charge in [0, 0.05) is 19.3 Å². The Balaban J connectivity index is 1.76. The van der Waals surface area contributed by atoms with E-state index < -0.39 is 11.2 Å². The van der Waals surface area contributed by atoms with E-state index in [1.807, 2.05) is 30.3 Å². The smallest absolute Gasteiger partial charge is 0.325 e. The Hall–Kier alpha value is -2.67. The summed E-state index contributed by atoms with van der Waals surface area (Å²) in [6, 6.07) is 9.88. The molecule has 0 bridgehead atoms. The van der Waals surface area contributed by atoms with Crippen molar-refractivity contribution in [3.8, 4) is 0 Å². The average Bonchev–Trinajstić information content (AvgIpc) is 3.15. The van der Waals surface area contributed by atoms with E-state index in [0.29, 0.717) is 38.2 Å². The molecule has 25 heavy (non-hydrogen) atoms. The van der Waals surface area contributed by atoms with Crippen molar-refractivity contribution in [1.82, 2.24) is 14.9 Å². The molecule has 7 nitrogen and oxygen atoms in total. The Morgan fingerprint density at radius 3 is 2.72 bits per heavy atom. The maximum atomic E-state index is 12.8. The van der Waals surface area contributed by atoms with Crippen LogP contribution in [-0.4, -0.2) is 40.5 Å². The lowest BCUT2D eigenvalue weighted by molar-refractivity contribution is -0.136. The zero-order valence-electron chi connectivity index (χ0n) is 13.9. The van der Waals surface area contributed by atoms with Gasteiger partial charge in [0.1, 0.15) is 0 Å². The van der Waals surface area contributed by atoms with Gasteiger partial charge in [-0.2, -0.15) is 0 Å². The third-order valence-electron chi connectivity index (χ3n) is 4.36. The van der Waals surface area contributed by atoms with Crippen LogP contribution < -0.4 is 11.2 Å². The van der Waals surface area contributed by atoms with Gasteiger partial charge in [-0.1, -0.05) is 30.3 Å². The van der Waals surface area contributed by atoms with Crippen molar-refractivity contribution in [2.75, 3.05) is 19.8 Å². The van der Waals surface area contributed by atoms with Crippen molar-refractivity contribution in [2.45, 2.75) is 19.4 Å². The molecule has 1 aliphatic rings. The van der Waals surface area contributed by atoms with Gasteiger partial charge < -0.3 is 14.6 Å². The lowest BCUT2D eigenvalue weighted by Gasteiger charge is -2.25. The zero-order valence-corrected chi connectivity index (χ0v) is 13.9. The fourth-order valence-corrected chi connectivity index (χ4v) is 2.92. The van der Waals surface area contributed by atoms with Crippen molar-refractivity contribution in [2.24, 2.45) is 5.92 Å². The Labute approximate surface area is 144 Å². The van der Waals surface area contributed by atoms with E-state index in [9.17, 15) is 14.4 Å². The molecule has 0 spiro atoms. The molecule has 1 unspecified atom stereocenters. The van der Waals surface area contributed by atoms with Crippen LogP contribution in [0.25, 0.3) is 0 Å². The van der Waals surface area contributed by atoms with Crippen LogP contribution in [0.2, 0.25) is 0 Å². The second-order valence-corrected chi connectivity index (χ2v) is 6.15. The van der Waals surface area contributed by atoms with E-state index in [-0.39, 0.29) is 18.4 Å². The van der Waals surface area contributed by atoms with Gasteiger partial charge >= 0.3 is 5.69 Å². The predicted molar refractivity (Wildman–Crippen MR) is 92.2 cm³/mol. The topological polar surface area (TPSA) is 95.3 Å². The number of H-pyrrole nitrogens is 2. The summed E-state index contributed by atoms with van der Waals surface area (Å²) < 4.78 is 5.32. The first-order chi connectivity index (χ1) is 12.1. The Morgan fingerprint density at radius 2 is 2.04 bits per heavy atom. The van der Waals surface area contributed by atoms with Gasteiger partial charge in [-0.3, -0.25) is 14.6 Å². The largest absolute Gasteiger partial charge is 0.381 e. The van der Waals surface area contributed by atoms with Crippen molar-refractivity contribution >= 4 is 5.91 Å². The van der Waals surface area contributed by atoms with Gasteiger partial charge in [0.05, 0.1) is 24.6 Å². The highest BCUT2D eigenvalue weighted by molar-refractivity contribution is 5.79. The molecule has 1 aromatic heterocycles. The number of benzene rings is 1. The molecule has 1 aromatic carbocycles. The third kappa shape index (κ3) is 4.45. The SMILES string of the molecule is O=C(C1CCOC1)N(CCc1ccccc1)Cc1c[nH]c(=O)[nH]c1=O. The Morgan fingerprint density at radius 1 is 1.24 bits per heavy atom. The van der Waals surface area contributed by atoms with Crippen LogP contribution in [0.3, 0.4) is 0 Å². The summed E-state index contributed by atoms with van der Waals surface area (Å²) in [5.41, 5.74) is 0.460. The Bertz CT molecular complexity index is 822. The van der Waals surface area contributed by atoms with Gasteiger partial charge in [0.25, 0.3) is 5.56 Å². The van der Waals surface area contributed by atoms with Gasteiger partial charge in [-0.05, 0) is 18.4 Å². The number of carbonyl (C=O) groups excluding carboxylic acids is 1. The lowest BCUT2D eigenvalue weighted by Crippen LogP contribution is -2.39. The third-order valence-corrected chi connectivity index (χ3v) is 4.36. The van der Waals surface area contributed by atoms with E-state index in [1.165, 1.54) is 6.20 Å². The molecule has 132 valence electrons. The van der Waals surface area contributed by atoms with Crippen LogP contribution in [0, 0.1) is 5.92 Å². The molecule has 1 aliphatic heterocycles. The standard InChI is InChI=1S/C18H21N3O4/c22-16-15(10-19-18(24)20-16)11-21(17(23)14-7-9-25-12-14)8-6-13-4-2-1-3-5-13/h1-5,10,14H,6-9,11-12H2,(H2,19,20,22,24). The van der Waals surface area contributed by atoms with Gasteiger partial charge in [-0.25, -0.2) is 4.79 Å². The van der Waals surface area contributed by atoms with Crippen molar-refractivity contribution in [3.63, 3.8) is 0 Å². The lowest BCUT2D eigenvalue weighted by atomic mass is 10.1. The van der Waals surface area contributed by atoms with E-state index in [2.05, 4.69) is 9.97 Å². The maximum Gasteiger partial charge on any atom is 0.325 e. The van der Waals surface area contributed by atoms with Gasteiger partial charge in [0.2, 0.25) is 5.91 Å². The fourth-order valence-electron chi connectivity index (χ4n) is 2.92. The summed E-state index contributed by atoms with van der Waals surface area (Å²) in [5.74, 6) is -0.184. The zero-order chi connectivity index (χ0) is 17.6. The molecule has 2 aromatic rings. The molecule has 7 heteroatoms. The highest BCUT2D eigenvalue weighted by atomic mass is 16.5. The van der Waals surface area contributed by atoms with Crippen LogP contribution >= 0.6 is 0 Å². The first kappa shape index (κ1) is 17.2. The number of ether oxygens (including phenoxy) is 1. The molecule has 0 radical (unpaired) electrons. The number of hydrogen-bond donors (Lipinski definition) is 2. The number of carbonyl (C=O) groups is 1. The number of hydrogen-bond acceptors (Lipinski definition) is 4. The molecule has 1 saturated heterocycles. The first-order valence-corrected chi connectivity index (χ1v) is 8.35. The molecule has 3 rings (SSSR count). The number of nitrogens with zero attached hydrogens (tertiary/aromatic N) is 1. The minimum Gasteiger partial charge on any atom is -0.381 e. The summed E-state index contributed by atoms with van der Waals surface area (Å²) >= 11 is 0. The highest BCUT2D eigenvalue weighted by Crippen LogP contribution is 2.17. The predicted octanol–water partition coefficient (Wildman–Crippen LogP) is 0.671. The number of rotatable bonds is 6. The fraction of sp³-hybridized carbons (Fsp3) is 0.389. The average molecular weight is 343 g/mol. The van der Waals surface area contributed by atoms with Crippen molar-refractivity contribution in [3.05, 3.63) is 68.5 Å². The molecule has 2 heterocycles. The van der Waals surface area contributed by atoms with Crippen molar-refractivity contribution < 1.29 is 9.53 Å². The summed E-state index contributed by atoms with van der Waals surface area (Å²) in [6.45, 7) is 1.66. The minimum absolute atomic E-state index is 0.0148. The summed E-state index contributed by atoms with van der Waals surface area (Å²) in [5, 5.41) is 0. The molecule has 1 fully saturated rings. The van der Waals surface area contributed by atoms with Crippen LogP contribution in [0.1, 0.15) is 17.5 Å². The monoisotopic (exact) mass is 343 g/mol. The molecule has 0 aliphatic carbocycles. The molecular weight excluding hydrogens is 322 g/mol. The highest BCUT2D eigenvalue weighted by Gasteiger charge is 2.28. The molecule has 0 saturated carbocycles. The van der Waals surface area contributed by atoms with Crippen LogP contribution in [-0.2, 0) is 22.5 Å². The normalized spacial score (nSPS) is 16.7. The summed E-state index contributed by atoms with van der Waals surface area (Å²) in [6.07, 6.45) is 2.76. The molecule has 2 N–H and O–H groups in total. The van der Waals surface area contributed by atoms with E-state index in [1.54, 1.807) is 4.90 Å². The first-order valence-electron chi connectivity index (χ1n) is 8.35. The number of nitrogens with one attached hydrogen (secondary N) is 2. The number of aromatic amines is 2. The van der Waals surface area contributed by atoms with E-state index >= 15 is 0 Å². The van der Waals surface area contributed by atoms with Gasteiger partial charge in [0.15, 0.2) is 0 Å². The minimum atomic E-state index is -0.555. The molecule has 1 amide bonds. The summed E-state index contributed by atoms with van der Waals surface area (Å²) in [7, 11) is 0. The molecule has 1 atom stereocenters. The van der Waals surface area contributed by atoms with E-state index in [0.717, 1.165) is 5.56 Å². The van der Waals surface area contributed by atoms with E-state index in [4.69, 9.17) is 4.74 Å². The molecular formula is C18H21N3O4.